The van der Waals surface area contributed by atoms with Crippen LogP contribution in [0.2, 0.25) is 0 Å². The Balaban J connectivity index is 2.23. The Hall–Kier alpha value is -0.500. The van der Waals surface area contributed by atoms with Crippen molar-refractivity contribution in [3.63, 3.8) is 0 Å². The molecule has 20 heavy (non-hydrogen) atoms. The second-order valence-corrected chi connectivity index (χ2v) is 7.80. The molecule has 1 fully saturated rings. The van der Waals surface area contributed by atoms with Crippen molar-refractivity contribution in [3.8, 4) is 0 Å². The first-order valence-electron chi connectivity index (χ1n) is 6.55. The van der Waals surface area contributed by atoms with Crippen molar-refractivity contribution in [2.24, 2.45) is 5.92 Å². The van der Waals surface area contributed by atoms with Crippen LogP contribution in [0, 0.1) is 11.7 Å². The number of nitrogens with one attached hydrogen (secondary N) is 1. The maximum atomic E-state index is 13.2. The summed E-state index contributed by atoms with van der Waals surface area (Å²) in [5, 5.41) is 3.09. The Bertz CT molecular complexity index is 578. The highest BCUT2D eigenvalue weighted by molar-refractivity contribution is 9.10. The van der Waals surface area contributed by atoms with Crippen LogP contribution >= 0.6 is 15.9 Å². The van der Waals surface area contributed by atoms with Gasteiger partial charge in [0.05, 0.1) is 9.37 Å². The summed E-state index contributed by atoms with van der Waals surface area (Å²) in [7, 11) is -1.68. The molecule has 1 aromatic rings. The molecule has 112 valence electrons. The van der Waals surface area contributed by atoms with Gasteiger partial charge in [-0.15, -0.1) is 0 Å². The van der Waals surface area contributed by atoms with Crippen molar-refractivity contribution in [3.05, 3.63) is 28.5 Å². The molecule has 1 aliphatic rings. The van der Waals surface area contributed by atoms with Crippen molar-refractivity contribution in [1.29, 1.82) is 0 Å². The summed E-state index contributed by atoms with van der Waals surface area (Å²) in [6, 6.07) is 3.81. The van der Waals surface area contributed by atoms with Gasteiger partial charge in [-0.1, -0.05) is 0 Å². The van der Waals surface area contributed by atoms with Crippen molar-refractivity contribution in [2.75, 3.05) is 26.7 Å². The molecule has 0 aliphatic carbocycles. The van der Waals surface area contributed by atoms with Crippen molar-refractivity contribution < 1.29 is 12.8 Å². The minimum Gasteiger partial charge on any atom is -0.319 e. The molecule has 0 radical (unpaired) electrons. The monoisotopic (exact) mass is 364 g/mol. The lowest BCUT2D eigenvalue weighted by atomic mass is 10.00. The van der Waals surface area contributed by atoms with Gasteiger partial charge in [-0.25, -0.2) is 12.8 Å². The summed E-state index contributed by atoms with van der Waals surface area (Å²) in [5.41, 5.74) is 0. The predicted octanol–water partition coefficient (Wildman–Crippen LogP) is 2.21. The van der Waals surface area contributed by atoms with Crippen molar-refractivity contribution >= 4 is 26.0 Å². The van der Waals surface area contributed by atoms with Gasteiger partial charge in [-0.05, 0) is 66.5 Å². The smallest absolute Gasteiger partial charge is 0.243 e. The lowest BCUT2D eigenvalue weighted by Crippen LogP contribution is -2.42. The zero-order valence-corrected chi connectivity index (χ0v) is 13.7. The van der Waals surface area contributed by atoms with Gasteiger partial charge >= 0.3 is 0 Å². The molecule has 1 atom stereocenters. The van der Waals surface area contributed by atoms with Gasteiger partial charge in [0.1, 0.15) is 5.82 Å². The maximum Gasteiger partial charge on any atom is 0.243 e. The Morgan fingerprint density at radius 3 is 2.90 bits per heavy atom. The third-order valence-corrected chi connectivity index (χ3v) is 5.97. The van der Waals surface area contributed by atoms with E-state index in [1.165, 1.54) is 22.5 Å². The van der Waals surface area contributed by atoms with Gasteiger partial charge in [-0.3, -0.25) is 0 Å². The molecule has 0 amide bonds. The van der Waals surface area contributed by atoms with Crippen LogP contribution in [0.3, 0.4) is 0 Å². The Kier molecular flexibility index (Phi) is 5.17. The van der Waals surface area contributed by atoms with Gasteiger partial charge in [0.15, 0.2) is 0 Å². The van der Waals surface area contributed by atoms with E-state index in [-0.39, 0.29) is 9.37 Å². The fraction of sp³-hybridized carbons (Fsp3) is 0.538. The minimum atomic E-state index is -3.54. The molecule has 1 aliphatic heterocycles. The van der Waals surface area contributed by atoms with E-state index in [9.17, 15) is 12.8 Å². The van der Waals surface area contributed by atoms with Crippen molar-refractivity contribution in [2.45, 2.75) is 17.7 Å². The van der Waals surface area contributed by atoms with E-state index in [0.717, 1.165) is 19.4 Å². The SMILES string of the molecule is CNC[C@@H]1CCCN(S(=O)(=O)c2ccc(F)c(Br)c2)C1. The first kappa shape index (κ1) is 15.9. The molecular formula is C13H18BrFN2O2S. The Morgan fingerprint density at radius 1 is 1.50 bits per heavy atom. The van der Waals surface area contributed by atoms with E-state index < -0.39 is 15.8 Å². The average Bonchev–Trinajstić information content (AvgIpc) is 2.42. The summed E-state index contributed by atoms with van der Waals surface area (Å²) in [6.07, 6.45) is 1.88. The summed E-state index contributed by atoms with van der Waals surface area (Å²) in [4.78, 5) is 0.135. The topological polar surface area (TPSA) is 49.4 Å². The van der Waals surface area contributed by atoms with Crippen LogP contribution in [0.5, 0.6) is 0 Å². The van der Waals surface area contributed by atoms with Crippen molar-refractivity contribution in [1.82, 2.24) is 9.62 Å². The molecule has 1 N–H and O–H groups in total. The first-order valence-corrected chi connectivity index (χ1v) is 8.78. The van der Waals surface area contributed by atoms with Gasteiger partial charge in [0.25, 0.3) is 0 Å². The van der Waals surface area contributed by atoms with E-state index in [2.05, 4.69) is 21.2 Å². The molecule has 1 aromatic carbocycles. The quantitative estimate of drug-likeness (QED) is 0.890. The van der Waals surface area contributed by atoms with E-state index in [1.54, 1.807) is 0 Å². The van der Waals surface area contributed by atoms with E-state index in [1.807, 2.05) is 7.05 Å². The zero-order chi connectivity index (χ0) is 14.8. The van der Waals surface area contributed by atoms with Gasteiger partial charge in [-0.2, -0.15) is 4.31 Å². The highest BCUT2D eigenvalue weighted by atomic mass is 79.9. The van der Waals surface area contributed by atoms with Crippen LogP contribution < -0.4 is 5.32 Å². The summed E-state index contributed by atoms with van der Waals surface area (Å²) < 4.78 is 40.0. The van der Waals surface area contributed by atoms with Gasteiger partial charge < -0.3 is 5.32 Å². The van der Waals surface area contributed by atoms with Gasteiger partial charge in [0.2, 0.25) is 10.0 Å². The Labute approximate surface area is 127 Å². The third-order valence-electron chi connectivity index (χ3n) is 3.50. The minimum absolute atomic E-state index is 0.135. The molecule has 7 heteroatoms. The third kappa shape index (κ3) is 3.39. The van der Waals surface area contributed by atoms with Crippen LogP contribution in [0.15, 0.2) is 27.6 Å². The van der Waals surface area contributed by atoms with Crippen LogP contribution in [0.1, 0.15) is 12.8 Å². The number of hydrogen-bond donors (Lipinski definition) is 1. The molecule has 0 bridgehead atoms. The lowest BCUT2D eigenvalue weighted by Gasteiger charge is -2.31. The number of nitrogens with zero attached hydrogens (tertiary/aromatic N) is 1. The standard InChI is InChI=1S/C13H18BrFN2O2S/c1-16-8-10-3-2-6-17(9-10)20(18,19)11-4-5-13(15)12(14)7-11/h4-5,7,10,16H,2-3,6,8-9H2,1H3/t10-/m0/s1. The molecule has 0 spiro atoms. The highest BCUT2D eigenvalue weighted by Crippen LogP contribution is 2.26. The number of hydrogen-bond acceptors (Lipinski definition) is 3. The lowest BCUT2D eigenvalue weighted by molar-refractivity contribution is 0.263. The molecule has 0 saturated carbocycles. The summed E-state index contributed by atoms with van der Waals surface area (Å²) in [5.74, 6) is -0.136. The summed E-state index contributed by atoms with van der Waals surface area (Å²) in [6.45, 7) is 1.84. The molecule has 4 nitrogen and oxygen atoms in total. The average molecular weight is 365 g/mol. The van der Waals surface area contributed by atoms with E-state index >= 15 is 0 Å². The number of rotatable bonds is 4. The van der Waals surface area contributed by atoms with E-state index in [0.29, 0.717) is 19.0 Å². The van der Waals surface area contributed by atoms with Crippen LogP contribution in [-0.4, -0.2) is 39.4 Å². The first-order chi connectivity index (χ1) is 9.45. The fourth-order valence-corrected chi connectivity index (χ4v) is 4.60. The molecule has 0 aromatic heterocycles. The summed E-state index contributed by atoms with van der Waals surface area (Å²) >= 11 is 3.03. The second-order valence-electron chi connectivity index (χ2n) is 5.00. The largest absolute Gasteiger partial charge is 0.319 e. The molecular weight excluding hydrogens is 347 g/mol. The zero-order valence-electron chi connectivity index (χ0n) is 11.3. The van der Waals surface area contributed by atoms with Crippen LogP contribution in [0.4, 0.5) is 4.39 Å². The predicted molar refractivity (Wildman–Crippen MR) is 79.5 cm³/mol. The number of benzene rings is 1. The van der Waals surface area contributed by atoms with E-state index in [4.69, 9.17) is 0 Å². The molecule has 1 heterocycles. The van der Waals surface area contributed by atoms with Crippen LogP contribution in [0.25, 0.3) is 0 Å². The number of piperidine rings is 1. The molecule has 2 rings (SSSR count). The normalized spacial score (nSPS) is 21.1. The Morgan fingerprint density at radius 2 is 2.25 bits per heavy atom. The number of halogens is 2. The second kappa shape index (κ2) is 6.51. The molecule has 1 saturated heterocycles. The van der Waals surface area contributed by atoms with Gasteiger partial charge in [0, 0.05) is 13.1 Å². The fourth-order valence-electron chi connectivity index (χ4n) is 2.49. The molecule has 0 unspecified atom stereocenters. The maximum absolute atomic E-state index is 13.2. The highest BCUT2D eigenvalue weighted by Gasteiger charge is 2.30. The number of sulfonamides is 1. The van der Waals surface area contributed by atoms with Crippen LogP contribution in [-0.2, 0) is 10.0 Å².